The zero-order chi connectivity index (χ0) is 20.5. The Bertz CT molecular complexity index is 855. The second-order valence-electron chi connectivity index (χ2n) is 7.10. The minimum Gasteiger partial charge on any atom is -0.494 e. The summed E-state index contributed by atoms with van der Waals surface area (Å²) in [5, 5.41) is 5.80. The van der Waals surface area contributed by atoms with Gasteiger partial charge in [-0.25, -0.2) is 0 Å². The molecule has 0 radical (unpaired) electrons. The number of nitrogens with one attached hydrogen (secondary N) is 2. The Morgan fingerprint density at radius 3 is 2.24 bits per heavy atom. The van der Waals surface area contributed by atoms with Gasteiger partial charge in [0.15, 0.2) is 0 Å². The highest BCUT2D eigenvalue weighted by molar-refractivity contribution is 6.05. The molecule has 0 saturated carbocycles. The van der Waals surface area contributed by atoms with Crippen LogP contribution in [0.1, 0.15) is 59.7 Å². The van der Waals surface area contributed by atoms with Gasteiger partial charge in [0.05, 0.1) is 6.61 Å². The summed E-state index contributed by atoms with van der Waals surface area (Å²) in [7, 11) is 0. The summed E-state index contributed by atoms with van der Waals surface area (Å²) in [6, 6.07) is 13.9. The van der Waals surface area contributed by atoms with Crippen LogP contribution >= 0.6 is 0 Å². The molecule has 2 aromatic carbocycles. The molecule has 5 heteroatoms. The predicted octanol–water partition coefficient (Wildman–Crippen LogP) is 4.96. The summed E-state index contributed by atoms with van der Waals surface area (Å²) in [6.07, 6.45) is 8.04. The maximum atomic E-state index is 12.4. The standard InChI is InChI=1S/C24H28N2O3/c1-2-29-22-14-12-21(13-15-22)26-24(28)20-10-8-19(9-11-20)23(27)25-17-16-18-6-4-3-5-7-18/h6,8-15H,2-5,7,16-17H2,1H3,(H,25,27)(H,26,28). The number of rotatable bonds is 8. The molecule has 29 heavy (non-hydrogen) atoms. The van der Waals surface area contributed by atoms with Crippen LogP contribution in [0.2, 0.25) is 0 Å². The fourth-order valence-electron chi connectivity index (χ4n) is 3.35. The van der Waals surface area contributed by atoms with E-state index in [4.69, 9.17) is 4.74 Å². The lowest BCUT2D eigenvalue weighted by Crippen LogP contribution is -2.25. The van der Waals surface area contributed by atoms with Crippen LogP contribution in [0.25, 0.3) is 0 Å². The third-order valence-corrected chi connectivity index (χ3v) is 4.95. The highest BCUT2D eigenvalue weighted by Crippen LogP contribution is 2.19. The highest BCUT2D eigenvalue weighted by atomic mass is 16.5. The molecule has 0 heterocycles. The molecular weight excluding hydrogens is 364 g/mol. The number of ether oxygens (including phenoxy) is 1. The normalized spacial score (nSPS) is 13.3. The predicted molar refractivity (Wildman–Crippen MR) is 116 cm³/mol. The van der Waals surface area contributed by atoms with Gasteiger partial charge in [-0.05, 0) is 87.6 Å². The SMILES string of the molecule is CCOc1ccc(NC(=O)c2ccc(C(=O)NCCC3=CCCCC3)cc2)cc1. The molecule has 5 nitrogen and oxygen atoms in total. The monoisotopic (exact) mass is 392 g/mol. The number of anilines is 1. The Balaban J connectivity index is 1.49. The van der Waals surface area contributed by atoms with Crippen molar-refractivity contribution in [1.29, 1.82) is 0 Å². The third-order valence-electron chi connectivity index (χ3n) is 4.95. The molecule has 0 bridgehead atoms. The number of carbonyl (C=O) groups excluding carboxylic acids is 2. The summed E-state index contributed by atoms with van der Waals surface area (Å²) >= 11 is 0. The van der Waals surface area contributed by atoms with Crippen molar-refractivity contribution in [2.24, 2.45) is 0 Å². The van der Waals surface area contributed by atoms with Crippen LogP contribution in [-0.2, 0) is 0 Å². The van der Waals surface area contributed by atoms with Crippen LogP contribution in [0, 0.1) is 0 Å². The van der Waals surface area contributed by atoms with Crippen molar-refractivity contribution in [1.82, 2.24) is 5.32 Å². The minimum atomic E-state index is -0.217. The molecule has 0 aliphatic heterocycles. The van der Waals surface area contributed by atoms with Gasteiger partial charge in [-0.2, -0.15) is 0 Å². The van der Waals surface area contributed by atoms with Crippen molar-refractivity contribution in [3.8, 4) is 5.75 Å². The molecule has 152 valence electrons. The fourth-order valence-corrected chi connectivity index (χ4v) is 3.35. The lowest BCUT2D eigenvalue weighted by atomic mass is 9.97. The van der Waals surface area contributed by atoms with Crippen LogP contribution in [0.4, 0.5) is 5.69 Å². The second kappa shape index (κ2) is 10.5. The fraction of sp³-hybridized carbons (Fsp3) is 0.333. The molecule has 0 unspecified atom stereocenters. The average Bonchev–Trinajstić information content (AvgIpc) is 2.76. The Kier molecular flexibility index (Phi) is 7.45. The summed E-state index contributed by atoms with van der Waals surface area (Å²) in [5.74, 6) is 0.436. The van der Waals surface area contributed by atoms with Gasteiger partial charge in [0.2, 0.25) is 0 Å². The molecule has 3 rings (SSSR count). The van der Waals surface area contributed by atoms with E-state index in [2.05, 4.69) is 16.7 Å². The lowest BCUT2D eigenvalue weighted by Gasteiger charge is -2.13. The molecule has 0 saturated heterocycles. The van der Waals surface area contributed by atoms with Gasteiger partial charge in [-0.15, -0.1) is 0 Å². The molecule has 0 fully saturated rings. The summed E-state index contributed by atoms with van der Waals surface area (Å²) in [4.78, 5) is 24.7. The van der Waals surface area contributed by atoms with Crippen LogP contribution in [0.5, 0.6) is 5.75 Å². The van der Waals surface area contributed by atoms with Crippen molar-refractivity contribution in [2.75, 3.05) is 18.5 Å². The van der Waals surface area contributed by atoms with Crippen molar-refractivity contribution in [3.63, 3.8) is 0 Å². The molecule has 0 atom stereocenters. The van der Waals surface area contributed by atoms with Gasteiger partial charge in [-0.3, -0.25) is 9.59 Å². The van der Waals surface area contributed by atoms with Gasteiger partial charge in [0, 0.05) is 23.4 Å². The third kappa shape index (κ3) is 6.21. The van der Waals surface area contributed by atoms with E-state index < -0.39 is 0 Å². The van der Waals surface area contributed by atoms with Gasteiger partial charge in [0.1, 0.15) is 5.75 Å². The number of benzene rings is 2. The van der Waals surface area contributed by atoms with E-state index in [1.807, 2.05) is 19.1 Å². The quantitative estimate of drug-likeness (QED) is 0.624. The first-order valence-electron chi connectivity index (χ1n) is 10.3. The zero-order valence-electron chi connectivity index (χ0n) is 16.9. The maximum absolute atomic E-state index is 12.4. The second-order valence-corrected chi connectivity index (χ2v) is 7.10. The summed E-state index contributed by atoms with van der Waals surface area (Å²) in [6.45, 7) is 3.17. The maximum Gasteiger partial charge on any atom is 0.255 e. The van der Waals surface area contributed by atoms with Crippen LogP contribution in [-0.4, -0.2) is 25.0 Å². The van der Waals surface area contributed by atoms with Crippen molar-refractivity contribution < 1.29 is 14.3 Å². The van der Waals surface area contributed by atoms with Crippen LogP contribution in [0.3, 0.4) is 0 Å². The molecule has 2 N–H and O–H groups in total. The van der Waals surface area contributed by atoms with E-state index in [1.165, 1.54) is 18.4 Å². The van der Waals surface area contributed by atoms with Gasteiger partial charge in [0.25, 0.3) is 11.8 Å². The first-order valence-corrected chi connectivity index (χ1v) is 10.3. The van der Waals surface area contributed by atoms with E-state index in [0.717, 1.165) is 25.0 Å². The topological polar surface area (TPSA) is 67.4 Å². The number of hydrogen-bond acceptors (Lipinski definition) is 3. The Hall–Kier alpha value is -3.08. The van der Waals surface area contributed by atoms with Crippen LogP contribution in [0.15, 0.2) is 60.2 Å². The molecule has 0 spiro atoms. The van der Waals surface area contributed by atoms with E-state index in [1.54, 1.807) is 36.4 Å². The Morgan fingerprint density at radius 2 is 1.62 bits per heavy atom. The molecule has 1 aliphatic rings. The number of amides is 2. The first kappa shape index (κ1) is 20.6. The van der Waals surface area contributed by atoms with Gasteiger partial charge < -0.3 is 15.4 Å². The van der Waals surface area contributed by atoms with E-state index in [0.29, 0.717) is 30.0 Å². The number of carbonyl (C=O) groups is 2. The summed E-state index contributed by atoms with van der Waals surface area (Å²) in [5.41, 5.74) is 3.19. The zero-order valence-corrected chi connectivity index (χ0v) is 16.9. The minimum absolute atomic E-state index is 0.111. The largest absolute Gasteiger partial charge is 0.494 e. The first-order chi connectivity index (χ1) is 14.2. The van der Waals surface area contributed by atoms with Crippen molar-refractivity contribution in [3.05, 3.63) is 71.3 Å². The molecule has 0 aromatic heterocycles. The number of allylic oxidation sites excluding steroid dienone is 1. The molecular formula is C24H28N2O3. The van der Waals surface area contributed by atoms with Crippen LogP contribution < -0.4 is 15.4 Å². The molecule has 1 aliphatic carbocycles. The summed E-state index contributed by atoms with van der Waals surface area (Å²) < 4.78 is 5.39. The Labute approximate surface area is 172 Å². The van der Waals surface area contributed by atoms with E-state index >= 15 is 0 Å². The van der Waals surface area contributed by atoms with E-state index in [9.17, 15) is 9.59 Å². The number of hydrogen-bond donors (Lipinski definition) is 2. The van der Waals surface area contributed by atoms with Gasteiger partial charge >= 0.3 is 0 Å². The lowest BCUT2D eigenvalue weighted by molar-refractivity contribution is 0.0952. The van der Waals surface area contributed by atoms with E-state index in [-0.39, 0.29) is 11.8 Å². The Morgan fingerprint density at radius 1 is 0.931 bits per heavy atom. The highest BCUT2D eigenvalue weighted by Gasteiger charge is 2.10. The average molecular weight is 392 g/mol. The van der Waals surface area contributed by atoms with Gasteiger partial charge in [-0.1, -0.05) is 11.6 Å². The smallest absolute Gasteiger partial charge is 0.255 e. The van der Waals surface area contributed by atoms with Crippen molar-refractivity contribution in [2.45, 2.75) is 39.0 Å². The molecule has 2 amide bonds. The molecule has 2 aromatic rings. The van der Waals surface area contributed by atoms with Crippen molar-refractivity contribution >= 4 is 17.5 Å².